The quantitative estimate of drug-likeness (QED) is 0.634. The van der Waals surface area contributed by atoms with E-state index in [1.54, 1.807) is 13.2 Å². The number of nitrogens with zero attached hydrogens (tertiary/aromatic N) is 2. The van der Waals surface area contributed by atoms with Crippen LogP contribution in [0.1, 0.15) is 55.8 Å². The zero-order chi connectivity index (χ0) is 21.8. The molecule has 0 bridgehead atoms. The summed E-state index contributed by atoms with van der Waals surface area (Å²) in [7, 11) is 1.60. The third-order valence-corrected chi connectivity index (χ3v) is 6.51. The molecule has 2 amide bonds. The minimum atomic E-state index is -0.0618. The van der Waals surface area contributed by atoms with Gasteiger partial charge in [-0.3, -0.25) is 9.59 Å². The Kier molecular flexibility index (Phi) is 7.00. The minimum absolute atomic E-state index is 0.00330. The Morgan fingerprint density at radius 2 is 1.94 bits per heavy atom. The number of hydrogen-bond donors (Lipinski definition) is 0. The number of hydrogen-bond acceptors (Lipinski definition) is 5. The van der Waals surface area contributed by atoms with E-state index in [0.717, 1.165) is 58.2 Å². The van der Waals surface area contributed by atoms with Crippen LogP contribution in [0.15, 0.2) is 18.2 Å². The van der Waals surface area contributed by atoms with Crippen LogP contribution in [0.4, 0.5) is 0 Å². The van der Waals surface area contributed by atoms with Crippen LogP contribution in [0.5, 0.6) is 11.5 Å². The summed E-state index contributed by atoms with van der Waals surface area (Å²) in [5, 5.41) is 0. The molecule has 7 heteroatoms. The molecule has 1 aromatic carbocycles. The number of benzene rings is 1. The van der Waals surface area contributed by atoms with E-state index in [0.29, 0.717) is 36.1 Å². The molecule has 31 heavy (non-hydrogen) atoms. The van der Waals surface area contributed by atoms with Crippen LogP contribution in [0, 0.1) is 5.92 Å². The van der Waals surface area contributed by atoms with Crippen LogP contribution in [0.3, 0.4) is 0 Å². The Hall–Kier alpha value is -2.28. The van der Waals surface area contributed by atoms with Gasteiger partial charge < -0.3 is 24.0 Å². The number of methoxy groups -OCH3 is 1. The normalized spacial score (nSPS) is 21.7. The highest BCUT2D eigenvalue weighted by Gasteiger charge is 2.35. The third kappa shape index (κ3) is 5.32. The van der Waals surface area contributed by atoms with E-state index in [1.165, 1.54) is 0 Å². The van der Waals surface area contributed by atoms with Crippen molar-refractivity contribution in [1.82, 2.24) is 9.80 Å². The fourth-order valence-electron chi connectivity index (χ4n) is 4.43. The van der Waals surface area contributed by atoms with Crippen molar-refractivity contribution in [3.05, 3.63) is 23.8 Å². The van der Waals surface area contributed by atoms with Crippen molar-refractivity contribution < 1.29 is 23.8 Å². The Morgan fingerprint density at radius 3 is 2.55 bits per heavy atom. The summed E-state index contributed by atoms with van der Waals surface area (Å²) in [5.74, 6) is 1.71. The molecule has 1 atom stereocenters. The van der Waals surface area contributed by atoms with E-state index in [2.05, 4.69) is 0 Å². The summed E-state index contributed by atoms with van der Waals surface area (Å²) in [4.78, 5) is 29.5. The SMILES string of the molecule is CCN(C[C@@H]1CCCO1)C(=O)c1cc(OC)ccc1OC1CCN(C(=O)C2CC2)CC1. The fourth-order valence-corrected chi connectivity index (χ4v) is 4.43. The summed E-state index contributed by atoms with van der Waals surface area (Å²) >= 11 is 0. The summed E-state index contributed by atoms with van der Waals surface area (Å²) in [6.45, 7) is 5.40. The number of likely N-dealkylation sites (N-methyl/N-ethyl adjacent to an activating group) is 1. The maximum absolute atomic E-state index is 13.4. The number of ether oxygens (including phenoxy) is 3. The molecule has 0 unspecified atom stereocenters. The first-order valence-electron chi connectivity index (χ1n) is 11.6. The van der Waals surface area contributed by atoms with E-state index in [-0.39, 0.29) is 24.0 Å². The maximum atomic E-state index is 13.4. The van der Waals surface area contributed by atoms with Gasteiger partial charge in [0.15, 0.2) is 0 Å². The molecule has 0 spiro atoms. The van der Waals surface area contributed by atoms with Crippen molar-refractivity contribution >= 4 is 11.8 Å². The van der Waals surface area contributed by atoms with Crippen molar-refractivity contribution in [1.29, 1.82) is 0 Å². The molecular formula is C24H34N2O5. The Labute approximate surface area is 184 Å². The average molecular weight is 431 g/mol. The highest BCUT2D eigenvalue weighted by atomic mass is 16.5. The van der Waals surface area contributed by atoms with E-state index in [9.17, 15) is 9.59 Å². The first-order valence-corrected chi connectivity index (χ1v) is 11.6. The lowest BCUT2D eigenvalue weighted by molar-refractivity contribution is -0.134. The molecule has 2 heterocycles. The molecule has 0 N–H and O–H groups in total. The molecule has 7 nitrogen and oxygen atoms in total. The standard InChI is InChI=1S/C24H34N2O5/c1-3-25(16-20-5-4-14-30-20)24(28)21-15-19(29-2)8-9-22(21)31-18-10-12-26(13-11-18)23(27)17-6-7-17/h8-9,15,17-18,20H,3-7,10-14,16H2,1-2H3/t20-/m0/s1. The Balaban J connectivity index is 1.43. The van der Waals surface area contributed by atoms with Crippen LogP contribution in [-0.2, 0) is 9.53 Å². The van der Waals surface area contributed by atoms with Crippen LogP contribution in [0.25, 0.3) is 0 Å². The van der Waals surface area contributed by atoms with Crippen molar-refractivity contribution in [2.24, 2.45) is 5.92 Å². The van der Waals surface area contributed by atoms with Gasteiger partial charge in [-0.15, -0.1) is 0 Å². The highest BCUT2D eigenvalue weighted by molar-refractivity contribution is 5.97. The molecule has 1 aliphatic carbocycles. The van der Waals surface area contributed by atoms with Crippen molar-refractivity contribution in [3.8, 4) is 11.5 Å². The Bertz CT molecular complexity index is 780. The molecule has 0 aromatic heterocycles. The van der Waals surface area contributed by atoms with Crippen molar-refractivity contribution in [3.63, 3.8) is 0 Å². The predicted octanol–water partition coefficient (Wildman–Crippen LogP) is 3.12. The zero-order valence-corrected chi connectivity index (χ0v) is 18.7. The predicted molar refractivity (Wildman–Crippen MR) is 116 cm³/mol. The summed E-state index contributed by atoms with van der Waals surface area (Å²) in [6.07, 6.45) is 5.77. The first-order chi connectivity index (χ1) is 15.1. The van der Waals surface area contributed by atoms with Gasteiger partial charge >= 0.3 is 0 Å². The van der Waals surface area contributed by atoms with Gasteiger partial charge in [0, 0.05) is 51.5 Å². The highest BCUT2D eigenvalue weighted by Crippen LogP contribution is 2.33. The molecule has 4 rings (SSSR count). The second-order valence-corrected chi connectivity index (χ2v) is 8.76. The topological polar surface area (TPSA) is 68.3 Å². The molecule has 0 radical (unpaired) electrons. The second kappa shape index (κ2) is 9.90. The third-order valence-electron chi connectivity index (χ3n) is 6.51. The molecule has 170 valence electrons. The van der Waals surface area contributed by atoms with E-state index >= 15 is 0 Å². The van der Waals surface area contributed by atoms with Crippen LogP contribution >= 0.6 is 0 Å². The molecule has 1 aromatic rings. The zero-order valence-electron chi connectivity index (χ0n) is 18.7. The van der Waals surface area contributed by atoms with E-state index < -0.39 is 0 Å². The molecule has 2 aliphatic heterocycles. The smallest absolute Gasteiger partial charge is 0.257 e. The lowest BCUT2D eigenvalue weighted by Gasteiger charge is -2.33. The van der Waals surface area contributed by atoms with E-state index in [4.69, 9.17) is 14.2 Å². The van der Waals surface area contributed by atoms with Gasteiger partial charge in [0.1, 0.15) is 17.6 Å². The minimum Gasteiger partial charge on any atom is -0.497 e. The first kappa shape index (κ1) is 21.9. The van der Waals surface area contributed by atoms with Crippen LogP contribution < -0.4 is 9.47 Å². The fraction of sp³-hybridized carbons (Fsp3) is 0.667. The number of carbonyl (C=O) groups excluding carboxylic acids is 2. The van der Waals surface area contributed by atoms with Gasteiger partial charge in [-0.1, -0.05) is 0 Å². The van der Waals surface area contributed by atoms with Gasteiger partial charge in [-0.05, 0) is 50.8 Å². The van der Waals surface area contributed by atoms with Crippen LogP contribution in [0.2, 0.25) is 0 Å². The largest absolute Gasteiger partial charge is 0.497 e. The van der Waals surface area contributed by atoms with Crippen molar-refractivity contribution in [2.75, 3.05) is 39.9 Å². The number of carbonyl (C=O) groups is 2. The van der Waals surface area contributed by atoms with Crippen LogP contribution in [-0.4, -0.2) is 73.7 Å². The lowest BCUT2D eigenvalue weighted by Crippen LogP contribution is -2.42. The lowest BCUT2D eigenvalue weighted by atomic mass is 10.1. The molecule has 1 saturated carbocycles. The molecule has 2 saturated heterocycles. The second-order valence-electron chi connectivity index (χ2n) is 8.76. The van der Waals surface area contributed by atoms with Gasteiger partial charge in [-0.25, -0.2) is 0 Å². The summed E-state index contributed by atoms with van der Waals surface area (Å²) in [6, 6.07) is 5.42. The number of amides is 2. The number of piperidine rings is 1. The molecule has 3 fully saturated rings. The number of rotatable bonds is 8. The Morgan fingerprint density at radius 1 is 1.16 bits per heavy atom. The number of likely N-dealkylation sites (tertiary alicyclic amines) is 1. The summed E-state index contributed by atoms with van der Waals surface area (Å²) < 4.78 is 17.4. The van der Waals surface area contributed by atoms with Gasteiger partial charge in [-0.2, -0.15) is 0 Å². The summed E-state index contributed by atoms with van der Waals surface area (Å²) in [5.41, 5.74) is 0.524. The monoisotopic (exact) mass is 430 g/mol. The van der Waals surface area contributed by atoms with E-state index in [1.807, 2.05) is 28.9 Å². The van der Waals surface area contributed by atoms with Crippen molar-refractivity contribution in [2.45, 2.75) is 57.7 Å². The van der Waals surface area contributed by atoms with Gasteiger partial charge in [0.05, 0.1) is 18.8 Å². The van der Waals surface area contributed by atoms with Gasteiger partial charge in [0.25, 0.3) is 5.91 Å². The molecule has 3 aliphatic rings. The average Bonchev–Trinajstić information content (AvgIpc) is 3.53. The van der Waals surface area contributed by atoms with Gasteiger partial charge in [0.2, 0.25) is 5.91 Å². The molecular weight excluding hydrogens is 396 g/mol. The maximum Gasteiger partial charge on any atom is 0.257 e.